The van der Waals surface area contributed by atoms with E-state index in [0.717, 1.165) is 50.0 Å². The van der Waals surface area contributed by atoms with Crippen LogP contribution in [-0.4, -0.2) is 0 Å². The van der Waals surface area contributed by atoms with Crippen LogP contribution in [0, 0.1) is 0 Å². The van der Waals surface area contributed by atoms with Gasteiger partial charge in [-0.2, -0.15) is 0 Å². The Kier molecular flexibility index (Phi) is 5.40. The van der Waals surface area contributed by atoms with Crippen LogP contribution in [0.25, 0.3) is 64.0 Å². The minimum Gasteiger partial charge on any atom is -0.453 e. The molecule has 0 atom stereocenters. The van der Waals surface area contributed by atoms with Gasteiger partial charge in [-0.1, -0.05) is 115 Å². The lowest BCUT2D eigenvalue weighted by atomic mass is 10.0. The van der Waals surface area contributed by atoms with Gasteiger partial charge in [-0.05, 0) is 47.3 Å². The van der Waals surface area contributed by atoms with E-state index in [0.29, 0.717) is 0 Å². The summed E-state index contributed by atoms with van der Waals surface area (Å²) in [6.07, 6.45) is 0. The lowest BCUT2D eigenvalue weighted by Gasteiger charge is -2.28. The van der Waals surface area contributed by atoms with E-state index in [4.69, 9.17) is 4.42 Å². The molecule has 0 unspecified atom stereocenters. The second-order valence-electron chi connectivity index (χ2n) is 10.9. The highest BCUT2D eigenvalue weighted by molar-refractivity contribution is 7.25. The molecule has 202 valence electrons. The Balaban J connectivity index is 1.36. The van der Waals surface area contributed by atoms with Gasteiger partial charge in [0.05, 0.1) is 11.4 Å². The summed E-state index contributed by atoms with van der Waals surface area (Å²) in [6.45, 7) is 0. The van der Waals surface area contributed by atoms with Crippen molar-refractivity contribution in [1.29, 1.82) is 0 Å². The first-order valence-electron chi connectivity index (χ1n) is 14.5. The predicted molar refractivity (Wildman–Crippen MR) is 184 cm³/mol. The van der Waals surface area contributed by atoms with Crippen LogP contribution in [-0.2, 0) is 0 Å². The number of fused-ring (bicyclic) bond motifs is 8. The monoisotopic (exact) mass is 567 g/mol. The number of rotatable bonds is 4. The van der Waals surface area contributed by atoms with E-state index in [1.54, 1.807) is 0 Å². The molecule has 0 aliphatic carbocycles. The van der Waals surface area contributed by atoms with Gasteiger partial charge in [0.2, 0.25) is 0 Å². The first-order valence-corrected chi connectivity index (χ1v) is 15.3. The molecule has 0 spiro atoms. The van der Waals surface area contributed by atoms with Gasteiger partial charge in [-0.15, -0.1) is 11.3 Å². The fourth-order valence-corrected chi connectivity index (χ4v) is 7.62. The molecule has 43 heavy (non-hydrogen) atoms. The smallest absolute Gasteiger partial charge is 0.159 e. The largest absolute Gasteiger partial charge is 0.453 e. The number of benzene rings is 7. The molecule has 0 aliphatic heterocycles. The van der Waals surface area contributed by atoms with Gasteiger partial charge in [-0.25, -0.2) is 0 Å². The summed E-state index contributed by atoms with van der Waals surface area (Å²) in [6, 6.07) is 54.2. The Bertz CT molecular complexity index is 2470. The zero-order valence-corrected chi connectivity index (χ0v) is 24.0. The topological polar surface area (TPSA) is 16.4 Å². The van der Waals surface area contributed by atoms with Gasteiger partial charge >= 0.3 is 0 Å². The number of furan rings is 1. The van der Waals surface area contributed by atoms with Crippen LogP contribution in [0.2, 0.25) is 0 Å². The molecule has 0 bridgehead atoms. The summed E-state index contributed by atoms with van der Waals surface area (Å²) < 4.78 is 9.43. The van der Waals surface area contributed by atoms with Gasteiger partial charge < -0.3 is 9.32 Å². The molecule has 2 nitrogen and oxygen atoms in total. The zero-order chi connectivity index (χ0) is 28.3. The SMILES string of the molecule is c1ccc(-c2ccccc2N(c2ccc3c(c2)sc2ccccc23)c2cccc3c2oc2c4ccccc4ccc32)cc1. The molecule has 0 N–H and O–H groups in total. The molecule has 0 aliphatic rings. The maximum atomic E-state index is 6.86. The fraction of sp³-hybridized carbons (Fsp3) is 0. The van der Waals surface area contributed by atoms with Gasteiger partial charge in [-0.3, -0.25) is 0 Å². The Morgan fingerprint density at radius 2 is 1.12 bits per heavy atom. The second-order valence-corrected chi connectivity index (χ2v) is 12.0. The third-order valence-electron chi connectivity index (χ3n) is 8.46. The van der Waals surface area contributed by atoms with Crippen LogP contribution in [0.5, 0.6) is 0 Å². The van der Waals surface area contributed by atoms with Crippen LogP contribution in [0.1, 0.15) is 0 Å². The third-order valence-corrected chi connectivity index (χ3v) is 9.59. The van der Waals surface area contributed by atoms with E-state index in [1.165, 1.54) is 31.1 Å². The molecule has 7 aromatic carbocycles. The van der Waals surface area contributed by atoms with Crippen LogP contribution in [0.15, 0.2) is 156 Å². The van der Waals surface area contributed by atoms with E-state index in [9.17, 15) is 0 Å². The van der Waals surface area contributed by atoms with Crippen LogP contribution >= 0.6 is 11.3 Å². The van der Waals surface area contributed by atoms with Crippen molar-refractivity contribution in [2.75, 3.05) is 4.90 Å². The minimum atomic E-state index is 0.883. The number of nitrogens with zero attached hydrogens (tertiary/aromatic N) is 1. The normalized spacial score (nSPS) is 11.7. The maximum Gasteiger partial charge on any atom is 0.159 e. The molecule has 3 heteroatoms. The minimum absolute atomic E-state index is 0.883. The van der Waals surface area contributed by atoms with Crippen molar-refractivity contribution in [2.45, 2.75) is 0 Å². The summed E-state index contributed by atoms with van der Waals surface area (Å²) in [4.78, 5) is 2.37. The van der Waals surface area contributed by atoms with E-state index >= 15 is 0 Å². The first-order chi connectivity index (χ1) is 21.3. The Labute approximate surface area is 252 Å². The molecule has 0 amide bonds. The highest BCUT2D eigenvalue weighted by Gasteiger charge is 2.23. The Hall–Kier alpha value is -5.38. The standard InChI is InChI=1S/C40H25NOS/c1-2-11-26(12-3-1)29-14-6-8-18-35(29)41(28-22-24-32-31-16-7-9-20-37(31)43-38(32)25-28)36-19-10-17-33-34-23-21-27-13-4-5-15-30(27)39(34)42-40(33)36/h1-25H. The molecule has 2 heterocycles. The summed E-state index contributed by atoms with van der Waals surface area (Å²) in [5.41, 5.74) is 7.37. The molecule has 0 radical (unpaired) electrons. The van der Waals surface area contributed by atoms with E-state index in [2.05, 4.69) is 157 Å². The van der Waals surface area contributed by atoms with Crippen molar-refractivity contribution < 1.29 is 4.42 Å². The highest BCUT2D eigenvalue weighted by atomic mass is 32.1. The quantitative estimate of drug-likeness (QED) is 0.210. The van der Waals surface area contributed by atoms with Gasteiger partial charge in [0.25, 0.3) is 0 Å². The average Bonchev–Trinajstić information content (AvgIpc) is 3.64. The average molecular weight is 568 g/mol. The van der Waals surface area contributed by atoms with Gasteiger partial charge in [0.15, 0.2) is 5.58 Å². The van der Waals surface area contributed by atoms with Crippen molar-refractivity contribution in [3.8, 4) is 11.1 Å². The second kappa shape index (κ2) is 9.59. The maximum absolute atomic E-state index is 6.86. The number of anilines is 3. The van der Waals surface area contributed by atoms with E-state index in [1.807, 2.05) is 11.3 Å². The highest BCUT2D eigenvalue weighted by Crippen LogP contribution is 2.47. The van der Waals surface area contributed by atoms with Crippen LogP contribution in [0.4, 0.5) is 17.1 Å². The molecule has 9 rings (SSSR count). The first kappa shape index (κ1) is 24.2. The van der Waals surface area contributed by atoms with E-state index < -0.39 is 0 Å². The summed E-state index contributed by atoms with van der Waals surface area (Å²) in [5.74, 6) is 0. The predicted octanol–water partition coefficient (Wildman–Crippen LogP) is 12.2. The lowest BCUT2D eigenvalue weighted by molar-refractivity contribution is 0.673. The van der Waals surface area contributed by atoms with E-state index in [-0.39, 0.29) is 0 Å². The lowest BCUT2D eigenvalue weighted by Crippen LogP contribution is -2.11. The van der Waals surface area contributed by atoms with Crippen molar-refractivity contribution in [2.24, 2.45) is 0 Å². The summed E-state index contributed by atoms with van der Waals surface area (Å²) in [7, 11) is 0. The summed E-state index contributed by atoms with van der Waals surface area (Å²) in [5, 5.41) is 7.14. The van der Waals surface area contributed by atoms with Crippen molar-refractivity contribution in [3.05, 3.63) is 152 Å². The molecule has 2 aromatic heterocycles. The molecular formula is C40H25NOS. The number of para-hydroxylation sites is 2. The Morgan fingerprint density at radius 3 is 2.05 bits per heavy atom. The van der Waals surface area contributed by atoms with Crippen molar-refractivity contribution >= 4 is 81.3 Å². The molecule has 0 saturated carbocycles. The van der Waals surface area contributed by atoms with Gasteiger partial charge in [0.1, 0.15) is 5.58 Å². The van der Waals surface area contributed by atoms with Crippen molar-refractivity contribution in [1.82, 2.24) is 0 Å². The number of thiophene rings is 1. The molecule has 0 fully saturated rings. The third kappa shape index (κ3) is 3.79. The number of hydrogen-bond donors (Lipinski definition) is 0. The van der Waals surface area contributed by atoms with Crippen LogP contribution < -0.4 is 4.90 Å². The zero-order valence-electron chi connectivity index (χ0n) is 23.2. The molecule has 0 saturated heterocycles. The Morgan fingerprint density at radius 1 is 0.442 bits per heavy atom. The number of hydrogen-bond acceptors (Lipinski definition) is 3. The fourth-order valence-electron chi connectivity index (χ4n) is 6.48. The van der Waals surface area contributed by atoms with Crippen molar-refractivity contribution in [3.63, 3.8) is 0 Å². The van der Waals surface area contributed by atoms with Crippen LogP contribution in [0.3, 0.4) is 0 Å². The molecular weight excluding hydrogens is 543 g/mol. The van der Waals surface area contributed by atoms with Gasteiger partial charge in [0, 0.05) is 47.6 Å². The molecule has 9 aromatic rings. The summed E-state index contributed by atoms with van der Waals surface area (Å²) >= 11 is 1.84.